The molecule has 84 valence electrons. The van der Waals surface area contributed by atoms with E-state index in [1.54, 1.807) is 12.3 Å². The molecule has 1 N–H and O–H groups in total. The maximum Gasteiger partial charge on any atom is 0.205 e. The Hall–Kier alpha value is -2.14. The van der Waals surface area contributed by atoms with Crippen LogP contribution in [-0.2, 0) is 0 Å². The van der Waals surface area contributed by atoms with E-state index in [1.165, 1.54) is 0 Å². The molecule has 0 bridgehead atoms. The number of nitrogens with one attached hydrogen (secondary N) is 1. The van der Waals surface area contributed by atoms with Crippen LogP contribution in [0.3, 0.4) is 0 Å². The van der Waals surface area contributed by atoms with Gasteiger partial charge in [-0.15, -0.1) is 10.2 Å². The number of furan rings is 1. The van der Waals surface area contributed by atoms with Crippen molar-refractivity contribution in [2.24, 2.45) is 0 Å². The van der Waals surface area contributed by atoms with Crippen LogP contribution >= 0.6 is 11.6 Å². The van der Waals surface area contributed by atoms with Gasteiger partial charge in [0.1, 0.15) is 5.76 Å². The molecule has 0 spiro atoms. The quantitative estimate of drug-likeness (QED) is 0.755. The summed E-state index contributed by atoms with van der Waals surface area (Å²) in [5.74, 6) is 1.22. The molecule has 0 saturated carbocycles. The van der Waals surface area contributed by atoms with Crippen molar-refractivity contribution in [3.8, 4) is 22.7 Å². The highest BCUT2D eigenvalue weighted by Gasteiger charge is 2.13. The van der Waals surface area contributed by atoms with E-state index in [1.807, 2.05) is 24.3 Å². The van der Waals surface area contributed by atoms with Crippen LogP contribution in [0, 0.1) is 0 Å². The second-order valence-electron chi connectivity index (χ2n) is 3.40. The SMILES string of the molecule is Clc1ccc(-c2nn[nH]n2)c(-c2ccco2)c1. The fraction of sp³-hybridized carbons (Fsp3) is 0. The van der Waals surface area contributed by atoms with E-state index in [0.29, 0.717) is 16.6 Å². The molecular weight excluding hydrogens is 240 g/mol. The number of rotatable bonds is 2. The van der Waals surface area contributed by atoms with E-state index in [0.717, 1.165) is 11.1 Å². The number of nitrogens with zero attached hydrogens (tertiary/aromatic N) is 3. The molecule has 0 aliphatic rings. The zero-order valence-electron chi connectivity index (χ0n) is 8.59. The molecule has 3 aromatic rings. The van der Waals surface area contributed by atoms with Crippen LogP contribution in [0.1, 0.15) is 0 Å². The predicted octanol–water partition coefficient (Wildman–Crippen LogP) is 2.78. The third kappa shape index (κ3) is 1.81. The number of H-pyrrole nitrogens is 1. The van der Waals surface area contributed by atoms with Crippen molar-refractivity contribution in [1.82, 2.24) is 20.6 Å². The van der Waals surface area contributed by atoms with Gasteiger partial charge >= 0.3 is 0 Å². The second kappa shape index (κ2) is 4.03. The molecule has 17 heavy (non-hydrogen) atoms. The van der Waals surface area contributed by atoms with Crippen molar-refractivity contribution >= 4 is 11.6 Å². The summed E-state index contributed by atoms with van der Waals surface area (Å²) >= 11 is 5.99. The molecule has 2 heterocycles. The largest absolute Gasteiger partial charge is 0.464 e. The third-order valence-electron chi connectivity index (χ3n) is 2.35. The van der Waals surface area contributed by atoms with Crippen LogP contribution in [0.25, 0.3) is 22.7 Å². The number of hydrogen-bond donors (Lipinski definition) is 1. The topological polar surface area (TPSA) is 67.6 Å². The minimum Gasteiger partial charge on any atom is -0.464 e. The third-order valence-corrected chi connectivity index (χ3v) is 2.59. The van der Waals surface area contributed by atoms with Gasteiger partial charge < -0.3 is 4.42 Å². The molecule has 0 amide bonds. The molecule has 3 rings (SSSR count). The van der Waals surface area contributed by atoms with Gasteiger partial charge in [-0.05, 0) is 35.5 Å². The van der Waals surface area contributed by atoms with E-state index in [4.69, 9.17) is 16.0 Å². The zero-order valence-corrected chi connectivity index (χ0v) is 9.35. The Morgan fingerprint density at radius 1 is 1.18 bits per heavy atom. The van der Waals surface area contributed by atoms with Crippen LogP contribution in [0.15, 0.2) is 41.0 Å². The predicted molar refractivity (Wildman–Crippen MR) is 62.3 cm³/mol. The average molecular weight is 247 g/mol. The first-order chi connectivity index (χ1) is 8.34. The zero-order chi connectivity index (χ0) is 11.7. The summed E-state index contributed by atoms with van der Waals surface area (Å²) in [5, 5.41) is 14.5. The molecule has 1 aromatic carbocycles. The van der Waals surface area contributed by atoms with Gasteiger partial charge in [-0.25, -0.2) is 0 Å². The molecule has 0 saturated heterocycles. The molecule has 0 unspecified atom stereocenters. The summed E-state index contributed by atoms with van der Waals surface area (Å²) in [4.78, 5) is 0. The summed E-state index contributed by atoms with van der Waals surface area (Å²) < 4.78 is 5.37. The van der Waals surface area contributed by atoms with Gasteiger partial charge in [0.15, 0.2) is 0 Å². The van der Waals surface area contributed by atoms with Gasteiger partial charge in [0.05, 0.1) is 6.26 Å². The van der Waals surface area contributed by atoms with Gasteiger partial charge in [0, 0.05) is 16.1 Å². The highest BCUT2D eigenvalue weighted by Crippen LogP contribution is 2.32. The van der Waals surface area contributed by atoms with Crippen molar-refractivity contribution in [2.45, 2.75) is 0 Å². The second-order valence-corrected chi connectivity index (χ2v) is 3.84. The van der Waals surface area contributed by atoms with Crippen LogP contribution in [0.4, 0.5) is 0 Å². The van der Waals surface area contributed by atoms with E-state index in [9.17, 15) is 0 Å². The molecule has 0 fully saturated rings. The average Bonchev–Trinajstić information content (AvgIpc) is 3.02. The molecule has 0 radical (unpaired) electrons. The highest BCUT2D eigenvalue weighted by molar-refractivity contribution is 6.31. The van der Waals surface area contributed by atoms with Crippen molar-refractivity contribution in [3.05, 3.63) is 41.6 Å². The lowest BCUT2D eigenvalue weighted by Crippen LogP contribution is -1.86. The maximum atomic E-state index is 5.99. The number of halogens is 1. The van der Waals surface area contributed by atoms with Gasteiger partial charge in [-0.1, -0.05) is 11.6 Å². The molecule has 6 heteroatoms. The molecule has 2 aromatic heterocycles. The Bertz CT molecular complexity index is 619. The fourth-order valence-corrected chi connectivity index (χ4v) is 1.80. The van der Waals surface area contributed by atoms with Crippen molar-refractivity contribution in [3.63, 3.8) is 0 Å². The Morgan fingerprint density at radius 3 is 2.82 bits per heavy atom. The summed E-state index contributed by atoms with van der Waals surface area (Å²) in [6.07, 6.45) is 1.61. The Labute approximate surface area is 101 Å². The molecular formula is C11H7ClN4O. The lowest BCUT2D eigenvalue weighted by molar-refractivity contribution is 0.582. The first-order valence-electron chi connectivity index (χ1n) is 4.92. The van der Waals surface area contributed by atoms with E-state index in [-0.39, 0.29) is 0 Å². The summed E-state index contributed by atoms with van der Waals surface area (Å²) in [7, 11) is 0. The Morgan fingerprint density at radius 2 is 2.12 bits per heavy atom. The molecule has 0 aliphatic carbocycles. The first kappa shape index (κ1) is 10.0. The summed E-state index contributed by atoms with van der Waals surface area (Å²) in [5.41, 5.74) is 1.65. The maximum absolute atomic E-state index is 5.99. The van der Waals surface area contributed by atoms with E-state index in [2.05, 4.69) is 20.6 Å². The normalized spacial score (nSPS) is 10.6. The van der Waals surface area contributed by atoms with Gasteiger partial charge in [-0.3, -0.25) is 0 Å². The number of aromatic amines is 1. The van der Waals surface area contributed by atoms with E-state index < -0.39 is 0 Å². The molecule has 5 nitrogen and oxygen atoms in total. The fourth-order valence-electron chi connectivity index (χ4n) is 1.62. The number of tetrazole rings is 1. The van der Waals surface area contributed by atoms with Crippen LogP contribution in [0.5, 0.6) is 0 Å². The van der Waals surface area contributed by atoms with Crippen LogP contribution in [0.2, 0.25) is 5.02 Å². The monoisotopic (exact) mass is 246 g/mol. The standard InChI is InChI=1S/C11H7ClN4O/c12-7-3-4-8(11-13-15-16-14-11)9(6-7)10-2-1-5-17-10/h1-6H,(H,13,14,15,16). The lowest BCUT2D eigenvalue weighted by Gasteiger charge is -2.03. The summed E-state index contributed by atoms with van der Waals surface area (Å²) in [6.45, 7) is 0. The summed E-state index contributed by atoms with van der Waals surface area (Å²) in [6, 6.07) is 9.10. The Balaban J connectivity index is 2.22. The van der Waals surface area contributed by atoms with Gasteiger partial charge in [0.2, 0.25) is 5.82 Å². The Kier molecular flexibility index (Phi) is 2.38. The minimum absolute atomic E-state index is 0.507. The molecule has 0 atom stereocenters. The van der Waals surface area contributed by atoms with Crippen LogP contribution < -0.4 is 0 Å². The first-order valence-corrected chi connectivity index (χ1v) is 5.29. The van der Waals surface area contributed by atoms with Crippen LogP contribution in [-0.4, -0.2) is 20.6 Å². The van der Waals surface area contributed by atoms with Crippen molar-refractivity contribution < 1.29 is 4.42 Å². The van der Waals surface area contributed by atoms with Gasteiger partial charge in [-0.2, -0.15) is 5.21 Å². The minimum atomic E-state index is 0.507. The van der Waals surface area contributed by atoms with Crippen molar-refractivity contribution in [1.29, 1.82) is 0 Å². The lowest BCUT2D eigenvalue weighted by atomic mass is 10.1. The van der Waals surface area contributed by atoms with Crippen molar-refractivity contribution in [2.75, 3.05) is 0 Å². The number of hydrogen-bond acceptors (Lipinski definition) is 4. The van der Waals surface area contributed by atoms with E-state index >= 15 is 0 Å². The number of benzene rings is 1. The van der Waals surface area contributed by atoms with Gasteiger partial charge in [0.25, 0.3) is 0 Å². The molecule has 0 aliphatic heterocycles. The smallest absolute Gasteiger partial charge is 0.205 e. The number of aromatic nitrogens is 4. The highest BCUT2D eigenvalue weighted by atomic mass is 35.5.